The molecule has 1 aliphatic rings. The highest BCUT2D eigenvalue weighted by Gasteiger charge is 2.24. The van der Waals surface area contributed by atoms with E-state index in [2.05, 4.69) is 17.2 Å². The van der Waals surface area contributed by atoms with Gasteiger partial charge in [-0.3, -0.25) is 4.98 Å². The minimum Gasteiger partial charge on any atom is -0.398 e. The van der Waals surface area contributed by atoms with Gasteiger partial charge in [0.25, 0.3) is 0 Å². The number of aromatic nitrogens is 1. The lowest BCUT2D eigenvalue weighted by Gasteiger charge is -2.32. The van der Waals surface area contributed by atoms with Crippen LogP contribution >= 0.6 is 0 Å². The topological polar surface area (TPSA) is 50.9 Å². The highest BCUT2D eigenvalue weighted by molar-refractivity contribution is 5.98. The van der Waals surface area contributed by atoms with E-state index in [0.717, 1.165) is 28.2 Å². The van der Waals surface area contributed by atoms with Crippen molar-refractivity contribution in [3.63, 3.8) is 0 Å². The number of benzene rings is 1. The molecule has 1 aromatic carbocycles. The Kier molecular flexibility index (Phi) is 2.82. The van der Waals surface area contributed by atoms with Crippen LogP contribution in [0.25, 0.3) is 10.9 Å². The Labute approximate surface area is 107 Å². The van der Waals surface area contributed by atoms with Crippen molar-refractivity contribution in [1.82, 2.24) is 4.98 Å². The molecule has 1 aromatic heterocycles. The van der Waals surface area contributed by atoms with E-state index < -0.39 is 0 Å². The molecule has 2 aromatic rings. The molecule has 1 unspecified atom stereocenters. The Morgan fingerprint density at radius 3 is 2.89 bits per heavy atom. The van der Waals surface area contributed by atoms with Crippen LogP contribution in [0.15, 0.2) is 30.5 Å². The summed E-state index contributed by atoms with van der Waals surface area (Å²) in [6.45, 7) is 2.26. The first-order chi connectivity index (χ1) is 8.75. The molecule has 1 aliphatic carbocycles. The summed E-state index contributed by atoms with van der Waals surface area (Å²) in [6, 6.07) is 8.46. The number of nitrogens with zero attached hydrogens (tertiary/aromatic N) is 1. The van der Waals surface area contributed by atoms with Gasteiger partial charge in [0.15, 0.2) is 0 Å². The standard InChI is InChI=1S/C15H19N3/c1-10(11-4-2-5-11)18-14-8-7-13(16)12-6-3-9-17-15(12)14/h3,6-11,18H,2,4-5,16H2,1H3. The summed E-state index contributed by atoms with van der Waals surface area (Å²) in [6.07, 6.45) is 5.88. The second kappa shape index (κ2) is 4.48. The lowest BCUT2D eigenvalue weighted by molar-refractivity contribution is 0.285. The van der Waals surface area contributed by atoms with Crippen LogP contribution in [0.3, 0.4) is 0 Å². The van der Waals surface area contributed by atoms with E-state index in [1.54, 1.807) is 0 Å². The number of nitrogens with two attached hydrogens (primary N) is 1. The maximum absolute atomic E-state index is 5.99. The molecule has 1 saturated carbocycles. The number of nitrogens with one attached hydrogen (secondary N) is 1. The molecule has 0 amide bonds. The summed E-state index contributed by atoms with van der Waals surface area (Å²) >= 11 is 0. The van der Waals surface area contributed by atoms with Gasteiger partial charge in [0, 0.05) is 23.3 Å². The van der Waals surface area contributed by atoms with Crippen LogP contribution in [0, 0.1) is 5.92 Å². The lowest BCUT2D eigenvalue weighted by atomic mass is 9.80. The molecule has 0 saturated heterocycles. The van der Waals surface area contributed by atoms with Crippen LogP contribution in [0.5, 0.6) is 0 Å². The molecule has 0 spiro atoms. The summed E-state index contributed by atoms with van der Waals surface area (Å²) < 4.78 is 0. The average Bonchev–Trinajstić information content (AvgIpc) is 2.31. The van der Waals surface area contributed by atoms with Gasteiger partial charge in [-0.25, -0.2) is 0 Å². The minimum atomic E-state index is 0.507. The largest absolute Gasteiger partial charge is 0.398 e. The smallest absolute Gasteiger partial charge is 0.0953 e. The number of rotatable bonds is 3. The Bertz CT molecular complexity index is 561. The van der Waals surface area contributed by atoms with Gasteiger partial charge < -0.3 is 11.1 Å². The van der Waals surface area contributed by atoms with E-state index in [1.165, 1.54) is 19.3 Å². The number of fused-ring (bicyclic) bond motifs is 1. The molecule has 1 atom stereocenters. The zero-order valence-electron chi connectivity index (χ0n) is 10.7. The molecular formula is C15H19N3. The number of pyridine rings is 1. The molecule has 0 bridgehead atoms. The lowest BCUT2D eigenvalue weighted by Crippen LogP contribution is -2.30. The van der Waals surface area contributed by atoms with Crippen LogP contribution in [0.2, 0.25) is 0 Å². The van der Waals surface area contributed by atoms with Crippen molar-refractivity contribution in [1.29, 1.82) is 0 Å². The summed E-state index contributed by atoms with van der Waals surface area (Å²) in [5.41, 5.74) is 8.85. The van der Waals surface area contributed by atoms with E-state index in [4.69, 9.17) is 5.73 Å². The molecule has 18 heavy (non-hydrogen) atoms. The fourth-order valence-corrected chi connectivity index (χ4v) is 2.61. The van der Waals surface area contributed by atoms with E-state index in [1.807, 2.05) is 30.5 Å². The van der Waals surface area contributed by atoms with E-state index in [0.29, 0.717) is 6.04 Å². The summed E-state index contributed by atoms with van der Waals surface area (Å²) in [4.78, 5) is 4.46. The fourth-order valence-electron chi connectivity index (χ4n) is 2.61. The van der Waals surface area contributed by atoms with Crippen molar-refractivity contribution in [2.45, 2.75) is 32.2 Å². The maximum atomic E-state index is 5.99. The van der Waals surface area contributed by atoms with Gasteiger partial charge in [0.2, 0.25) is 0 Å². The highest BCUT2D eigenvalue weighted by Crippen LogP contribution is 2.33. The van der Waals surface area contributed by atoms with Crippen molar-refractivity contribution >= 4 is 22.3 Å². The normalized spacial score (nSPS) is 17.4. The zero-order chi connectivity index (χ0) is 12.5. The average molecular weight is 241 g/mol. The third kappa shape index (κ3) is 1.90. The summed E-state index contributed by atoms with van der Waals surface area (Å²) in [5, 5.41) is 4.63. The molecule has 94 valence electrons. The minimum absolute atomic E-state index is 0.507. The Morgan fingerprint density at radius 1 is 1.33 bits per heavy atom. The first kappa shape index (κ1) is 11.3. The third-order valence-electron chi connectivity index (χ3n) is 4.04. The first-order valence-corrected chi connectivity index (χ1v) is 6.65. The van der Waals surface area contributed by atoms with Crippen molar-refractivity contribution in [2.24, 2.45) is 5.92 Å². The molecule has 0 aliphatic heterocycles. The molecule has 3 rings (SSSR count). The Morgan fingerprint density at radius 2 is 2.17 bits per heavy atom. The molecule has 1 heterocycles. The van der Waals surface area contributed by atoms with Crippen molar-refractivity contribution in [3.8, 4) is 0 Å². The van der Waals surface area contributed by atoms with Gasteiger partial charge in [-0.15, -0.1) is 0 Å². The predicted octanol–water partition coefficient (Wildman–Crippen LogP) is 3.42. The Hall–Kier alpha value is -1.77. The van der Waals surface area contributed by atoms with E-state index in [9.17, 15) is 0 Å². The molecule has 0 radical (unpaired) electrons. The number of nitrogen functional groups attached to an aromatic ring is 1. The van der Waals surface area contributed by atoms with Gasteiger partial charge in [0.05, 0.1) is 11.2 Å². The van der Waals surface area contributed by atoms with Crippen LogP contribution in [0.4, 0.5) is 11.4 Å². The highest BCUT2D eigenvalue weighted by atomic mass is 14.9. The summed E-state index contributed by atoms with van der Waals surface area (Å²) in [7, 11) is 0. The molecule has 1 fully saturated rings. The van der Waals surface area contributed by atoms with Gasteiger partial charge in [-0.05, 0) is 49.9 Å². The number of anilines is 2. The SMILES string of the molecule is CC(Nc1ccc(N)c2cccnc12)C1CCC1. The van der Waals surface area contributed by atoms with Crippen molar-refractivity contribution in [2.75, 3.05) is 11.1 Å². The predicted molar refractivity (Wildman–Crippen MR) is 76.6 cm³/mol. The quantitative estimate of drug-likeness (QED) is 0.809. The molecule has 3 heteroatoms. The van der Waals surface area contributed by atoms with Crippen LogP contribution in [0.1, 0.15) is 26.2 Å². The number of hydrogen-bond acceptors (Lipinski definition) is 3. The molecule has 3 nitrogen and oxygen atoms in total. The van der Waals surface area contributed by atoms with Crippen LogP contribution in [-0.4, -0.2) is 11.0 Å². The van der Waals surface area contributed by atoms with Gasteiger partial charge in [0.1, 0.15) is 0 Å². The fraction of sp³-hybridized carbons (Fsp3) is 0.400. The zero-order valence-corrected chi connectivity index (χ0v) is 10.7. The first-order valence-electron chi connectivity index (χ1n) is 6.65. The molecule has 3 N–H and O–H groups in total. The summed E-state index contributed by atoms with van der Waals surface area (Å²) in [5.74, 6) is 0.807. The Balaban J connectivity index is 1.94. The maximum Gasteiger partial charge on any atom is 0.0953 e. The number of hydrogen-bond donors (Lipinski definition) is 2. The molecular weight excluding hydrogens is 222 g/mol. The van der Waals surface area contributed by atoms with Gasteiger partial charge in [-0.1, -0.05) is 6.42 Å². The van der Waals surface area contributed by atoms with E-state index >= 15 is 0 Å². The third-order valence-corrected chi connectivity index (χ3v) is 4.04. The van der Waals surface area contributed by atoms with Crippen LogP contribution in [-0.2, 0) is 0 Å². The second-order valence-corrected chi connectivity index (χ2v) is 5.23. The monoisotopic (exact) mass is 241 g/mol. The van der Waals surface area contributed by atoms with Crippen molar-refractivity contribution in [3.05, 3.63) is 30.5 Å². The second-order valence-electron chi connectivity index (χ2n) is 5.23. The van der Waals surface area contributed by atoms with Crippen molar-refractivity contribution < 1.29 is 0 Å². The van der Waals surface area contributed by atoms with E-state index in [-0.39, 0.29) is 0 Å². The van der Waals surface area contributed by atoms with Crippen LogP contribution < -0.4 is 11.1 Å². The van der Waals surface area contributed by atoms with Gasteiger partial charge in [-0.2, -0.15) is 0 Å². The van der Waals surface area contributed by atoms with Gasteiger partial charge >= 0.3 is 0 Å².